The second-order valence-corrected chi connectivity index (χ2v) is 7.46. The molecule has 0 heterocycles. The Bertz CT molecular complexity index is 137. The van der Waals surface area contributed by atoms with Crippen LogP contribution in [0.25, 0.3) is 0 Å². The van der Waals surface area contributed by atoms with Crippen LogP contribution in [-0.4, -0.2) is 10.5 Å². The van der Waals surface area contributed by atoms with E-state index in [1.807, 2.05) is 0 Å². The Morgan fingerprint density at radius 1 is 0.562 bits per heavy atom. The molecule has 2 saturated carbocycles. The van der Waals surface area contributed by atoms with Gasteiger partial charge < -0.3 is 0 Å². The summed E-state index contributed by atoms with van der Waals surface area (Å²) in [4.78, 5) is 0. The van der Waals surface area contributed by atoms with Crippen LogP contribution in [0.15, 0.2) is 0 Å². The molecule has 0 aromatic rings. The molecule has 2 aliphatic rings. The number of halogens is 2. The normalized spacial score (nSPS) is 23.6. The number of hydrogen-bond donors (Lipinski definition) is 0. The first kappa shape index (κ1) is 15.3. The van der Waals surface area contributed by atoms with E-state index >= 15 is 0 Å². The summed E-state index contributed by atoms with van der Waals surface area (Å²) < 4.78 is 0. The van der Waals surface area contributed by atoms with Gasteiger partial charge in [-0.25, -0.2) is 0 Å². The lowest BCUT2D eigenvalue weighted by molar-refractivity contribution is 0.517. The van der Waals surface area contributed by atoms with Gasteiger partial charge in [0.05, 0.1) is 0 Å². The highest BCUT2D eigenvalue weighted by Crippen LogP contribution is 2.30. The maximum absolute atomic E-state index is 5.60. The van der Waals surface area contributed by atoms with Crippen molar-refractivity contribution in [3.63, 3.8) is 0 Å². The maximum Gasteiger partial charge on any atom is 0.0199 e. The number of hydrogen-bond acceptors (Lipinski definition) is 2. The molecule has 0 nitrogen and oxygen atoms in total. The van der Waals surface area contributed by atoms with E-state index in [9.17, 15) is 0 Å². The Hall–Kier alpha value is 1.28. The van der Waals surface area contributed by atoms with E-state index < -0.39 is 0 Å². The minimum Gasteiger partial charge on any atom is -0.0532 e. The van der Waals surface area contributed by atoms with Crippen molar-refractivity contribution < 1.29 is 0 Å². The van der Waals surface area contributed by atoms with Crippen molar-refractivity contribution in [3.05, 3.63) is 0 Å². The smallest absolute Gasteiger partial charge is 0.0199 e. The van der Waals surface area contributed by atoms with E-state index in [-0.39, 0.29) is 0 Å². The van der Waals surface area contributed by atoms with Crippen LogP contribution >= 0.6 is 43.3 Å². The third-order valence-corrected chi connectivity index (χ3v) is 6.31. The fourth-order valence-electron chi connectivity index (χ4n) is 2.31. The average molecular weight is 301 g/mol. The zero-order chi connectivity index (χ0) is 11.6. The standard InChI is InChI=1S/2C6H11ClS/c2*7-8-6-4-2-1-3-5-6/h2*6H,1-5H2. The van der Waals surface area contributed by atoms with Crippen molar-refractivity contribution in [2.75, 3.05) is 0 Å². The van der Waals surface area contributed by atoms with Crippen LogP contribution in [-0.2, 0) is 0 Å². The van der Waals surface area contributed by atoms with E-state index in [0.29, 0.717) is 0 Å². The zero-order valence-corrected chi connectivity index (χ0v) is 12.9. The molecular weight excluding hydrogens is 279 g/mol. The lowest BCUT2D eigenvalue weighted by atomic mass is 10.0. The van der Waals surface area contributed by atoms with Gasteiger partial charge in [0.25, 0.3) is 0 Å². The summed E-state index contributed by atoms with van der Waals surface area (Å²) in [6.07, 6.45) is 13.8. The van der Waals surface area contributed by atoms with Crippen molar-refractivity contribution in [1.82, 2.24) is 0 Å². The molecule has 4 heteroatoms. The van der Waals surface area contributed by atoms with Gasteiger partial charge in [0.1, 0.15) is 0 Å². The minimum atomic E-state index is 0.769. The SMILES string of the molecule is ClSC1CCCCC1.ClSC1CCCCC1. The quantitative estimate of drug-likeness (QED) is 0.577. The first-order valence-corrected chi connectivity index (χ1v) is 9.82. The monoisotopic (exact) mass is 300 g/mol. The van der Waals surface area contributed by atoms with Crippen molar-refractivity contribution >= 4 is 43.3 Å². The van der Waals surface area contributed by atoms with E-state index in [2.05, 4.69) is 0 Å². The molecule has 2 aliphatic carbocycles. The summed E-state index contributed by atoms with van der Waals surface area (Å²) in [5.74, 6) is 0. The maximum atomic E-state index is 5.60. The Morgan fingerprint density at radius 3 is 1.06 bits per heavy atom. The van der Waals surface area contributed by atoms with Gasteiger partial charge in [-0.2, -0.15) is 0 Å². The largest absolute Gasteiger partial charge is 0.0532 e. The molecule has 0 atom stereocenters. The lowest BCUT2D eigenvalue weighted by Crippen LogP contribution is -2.05. The second kappa shape index (κ2) is 10.2. The van der Waals surface area contributed by atoms with Crippen molar-refractivity contribution in [1.29, 1.82) is 0 Å². The van der Waals surface area contributed by atoms with Crippen molar-refractivity contribution in [3.8, 4) is 0 Å². The van der Waals surface area contributed by atoms with Crippen LogP contribution in [0.3, 0.4) is 0 Å². The molecule has 0 aromatic heterocycles. The van der Waals surface area contributed by atoms with Gasteiger partial charge in [0.2, 0.25) is 0 Å². The Labute approximate surface area is 118 Å². The van der Waals surface area contributed by atoms with Gasteiger partial charge in [0.15, 0.2) is 0 Å². The van der Waals surface area contributed by atoms with Crippen molar-refractivity contribution in [2.24, 2.45) is 0 Å². The summed E-state index contributed by atoms with van der Waals surface area (Å²) in [5.41, 5.74) is 0. The molecule has 16 heavy (non-hydrogen) atoms. The highest BCUT2D eigenvalue weighted by Gasteiger charge is 2.12. The summed E-state index contributed by atoms with van der Waals surface area (Å²) >= 11 is 0. The molecule has 0 amide bonds. The predicted octanol–water partition coefficient (Wildman–Crippen LogP) is 6.41. The second-order valence-electron chi connectivity index (χ2n) is 4.70. The molecule has 0 spiro atoms. The van der Waals surface area contributed by atoms with E-state index in [1.165, 1.54) is 86.2 Å². The van der Waals surface area contributed by atoms with Gasteiger partial charge >= 0.3 is 0 Å². The van der Waals surface area contributed by atoms with Crippen LogP contribution in [0.5, 0.6) is 0 Å². The Morgan fingerprint density at radius 2 is 0.875 bits per heavy atom. The third-order valence-electron chi connectivity index (χ3n) is 3.36. The van der Waals surface area contributed by atoms with E-state index in [4.69, 9.17) is 21.4 Å². The molecule has 0 aliphatic heterocycles. The topological polar surface area (TPSA) is 0 Å². The molecule has 0 radical (unpaired) electrons. The molecule has 2 rings (SSSR count). The van der Waals surface area contributed by atoms with Crippen LogP contribution in [0.2, 0.25) is 0 Å². The molecule has 0 bridgehead atoms. The molecule has 96 valence electrons. The van der Waals surface area contributed by atoms with Crippen LogP contribution < -0.4 is 0 Å². The van der Waals surface area contributed by atoms with Crippen LogP contribution in [0.1, 0.15) is 64.2 Å². The van der Waals surface area contributed by atoms with E-state index in [1.54, 1.807) is 0 Å². The molecule has 0 unspecified atom stereocenters. The van der Waals surface area contributed by atoms with Crippen LogP contribution in [0, 0.1) is 0 Å². The summed E-state index contributed by atoms with van der Waals surface area (Å²) in [5, 5.41) is 1.54. The summed E-state index contributed by atoms with van der Waals surface area (Å²) in [6, 6.07) is 0. The first-order valence-electron chi connectivity index (χ1n) is 6.41. The first-order chi connectivity index (χ1) is 7.86. The molecule has 0 N–H and O–H groups in total. The van der Waals surface area contributed by atoms with Gasteiger partial charge in [-0.1, -0.05) is 60.5 Å². The zero-order valence-electron chi connectivity index (χ0n) is 9.80. The highest BCUT2D eigenvalue weighted by molar-refractivity contribution is 8.21. The molecule has 2 fully saturated rings. The molecular formula is C12H22Cl2S2. The van der Waals surface area contributed by atoms with Gasteiger partial charge in [0, 0.05) is 10.5 Å². The minimum absolute atomic E-state index is 0.769. The molecule has 0 saturated heterocycles. The Balaban J connectivity index is 0.000000160. The van der Waals surface area contributed by atoms with Gasteiger partial charge in [-0.05, 0) is 47.0 Å². The third kappa shape index (κ3) is 6.88. The average Bonchev–Trinajstić information content (AvgIpc) is 2.41. The molecule has 0 aromatic carbocycles. The Kier molecular flexibility index (Phi) is 9.80. The summed E-state index contributed by atoms with van der Waals surface area (Å²) in [6.45, 7) is 0. The van der Waals surface area contributed by atoms with Gasteiger partial charge in [-0.15, -0.1) is 0 Å². The summed E-state index contributed by atoms with van der Waals surface area (Å²) in [7, 11) is 14.2. The van der Waals surface area contributed by atoms with Crippen LogP contribution in [0.4, 0.5) is 0 Å². The van der Waals surface area contributed by atoms with Crippen molar-refractivity contribution in [2.45, 2.75) is 74.7 Å². The highest BCUT2D eigenvalue weighted by atomic mass is 35.7. The fraction of sp³-hybridized carbons (Fsp3) is 1.00. The van der Waals surface area contributed by atoms with E-state index in [0.717, 1.165) is 10.5 Å². The lowest BCUT2D eigenvalue weighted by Gasteiger charge is -2.16. The van der Waals surface area contributed by atoms with Gasteiger partial charge in [-0.3, -0.25) is 0 Å². The number of rotatable bonds is 2. The fourth-order valence-corrected chi connectivity index (χ4v) is 4.40. The predicted molar refractivity (Wildman–Crippen MR) is 80.6 cm³/mol.